The summed E-state index contributed by atoms with van der Waals surface area (Å²) in [6, 6.07) is 1.92. The van der Waals surface area contributed by atoms with E-state index in [1.165, 1.54) is 0 Å². The molecule has 5 heteroatoms. The highest BCUT2D eigenvalue weighted by Crippen LogP contribution is 2.18. The van der Waals surface area contributed by atoms with E-state index >= 15 is 0 Å². The zero-order valence-electron chi connectivity index (χ0n) is 11.2. The largest absolute Gasteiger partial charge is 0.372 e. The number of halogens is 1. The van der Waals surface area contributed by atoms with E-state index in [1.54, 1.807) is 19.3 Å². The van der Waals surface area contributed by atoms with Gasteiger partial charge in [-0.3, -0.25) is 4.79 Å². The zero-order chi connectivity index (χ0) is 13.7. The van der Waals surface area contributed by atoms with Gasteiger partial charge in [-0.25, -0.2) is 4.98 Å². The fourth-order valence-electron chi connectivity index (χ4n) is 1.59. The molecule has 1 amide bonds. The highest BCUT2D eigenvalue weighted by molar-refractivity contribution is 9.10. The van der Waals surface area contributed by atoms with E-state index in [0.29, 0.717) is 17.3 Å². The van der Waals surface area contributed by atoms with Gasteiger partial charge in [0.05, 0.1) is 5.56 Å². The minimum Gasteiger partial charge on any atom is -0.372 e. The monoisotopic (exact) mass is 313 g/mol. The molecule has 100 valence electrons. The lowest BCUT2D eigenvalue weighted by Crippen LogP contribution is -2.37. The van der Waals surface area contributed by atoms with Gasteiger partial charge in [0.15, 0.2) is 0 Å². The lowest BCUT2D eigenvalue weighted by atomic mass is 10.0. The Balaban J connectivity index is 2.87. The molecule has 0 radical (unpaired) electrons. The molecule has 0 saturated carbocycles. The van der Waals surface area contributed by atoms with Crippen LogP contribution in [0.15, 0.2) is 16.7 Å². The molecule has 2 N–H and O–H groups in total. The first-order valence-electron chi connectivity index (χ1n) is 6.13. The van der Waals surface area contributed by atoms with Crippen LogP contribution in [-0.4, -0.2) is 24.0 Å². The molecule has 0 bridgehead atoms. The van der Waals surface area contributed by atoms with Gasteiger partial charge in [-0.2, -0.15) is 0 Å². The molecular weight excluding hydrogens is 294 g/mol. The van der Waals surface area contributed by atoms with Crippen LogP contribution in [0.2, 0.25) is 0 Å². The standard InChI is InChI=1S/C13H20BrN3O/c1-5-8(2)9(3)17-13(18)11-6-10(14)7-16-12(11)15-4/h6-9H,5H2,1-4H3,(H,15,16)(H,17,18). The van der Waals surface area contributed by atoms with Crippen molar-refractivity contribution in [3.05, 3.63) is 22.3 Å². The summed E-state index contributed by atoms with van der Waals surface area (Å²) >= 11 is 3.33. The van der Waals surface area contributed by atoms with Crippen LogP contribution in [-0.2, 0) is 0 Å². The predicted octanol–water partition coefficient (Wildman–Crippen LogP) is 3.05. The van der Waals surface area contributed by atoms with Crippen LogP contribution in [0.4, 0.5) is 5.82 Å². The lowest BCUT2D eigenvalue weighted by Gasteiger charge is -2.20. The molecule has 1 aromatic rings. The normalized spacial score (nSPS) is 13.8. The van der Waals surface area contributed by atoms with E-state index in [-0.39, 0.29) is 11.9 Å². The van der Waals surface area contributed by atoms with Crippen molar-refractivity contribution in [1.29, 1.82) is 0 Å². The van der Waals surface area contributed by atoms with Crippen LogP contribution in [0.1, 0.15) is 37.6 Å². The number of carbonyl (C=O) groups excluding carboxylic acids is 1. The highest BCUT2D eigenvalue weighted by Gasteiger charge is 2.17. The third kappa shape index (κ3) is 3.70. The smallest absolute Gasteiger partial charge is 0.255 e. The predicted molar refractivity (Wildman–Crippen MR) is 77.9 cm³/mol. The van der Waals surface area contributed by atoms with Gasteiger partial charge in [0.1, 0.15) is 5.82 Å². The van der Waals surface area contributed by atoms with Gasteiger partial charge in [-0.1, -0.05) is 20.3 Å². The number of hydrogen-bond acceptors (Lipinski definition) is 3. The molecule has 4 nitrogen and oxygen atoms in total. The zero-order valence-corrected chi connectivity index (χ0v) is 12.8. The van der Waals surface area contributed by atoms with E-state index in [0.717, 1.165) is 10.9 Å². The second-order valence-corrected chi connectivity index (χ2v) is 5.36. The highest BCUT2D eigenvalue weighted by atomic mass is 79.9. The molecule has 1 aromatic heterocycles. The number of rotatable bonds is 5. The molecule has 2 atom stereocenters. The number of nitrogens with zero attached hydrogens (tertiary/aromatic N) is 1. The number of carbonyl (C=O) groups is 1. The van der Waals surface area contributed by atoms with Crippen LogP contribution < -0.4 is 10.6 Å². The van der Waals surface area contributed by atoms with Crippen LogP contribution in [0.5, 0.6) is 0 Å². The SMILES string of the molecule is CCC(C)C(C)NC(=O)c1cc(Br)cnc1NC. The molecule has 1 rings (SSSR count). The van der Waals surface area contributed by atoms with Gasteiger partial charge in [0, 0.05) is 23.8 Å². The van der Waals surface area contributed by atoms with E-state index in [1.807, 2.05) is 6.92 Å². The molecule has 0 fully saturated rings. The first kappa shape index (κ1) is 15.0. The number of pyridine rings is 1. The second-order valence-electron chi connectivity index (χ2n) is 4.45. The fraction of sp³-hybridized carbons (Fsp3) is 0.538. The van der Waals surface area contributed by atoms with Gasteiger partial charge in [0.2, 0.25) is 0 Å². The maximum atomic E-state index is 12.2. The number of nitrogens with one attached hydrogen (secondary N) is 2. The van der Waals surface area contributed by atoms with Gasteiger partial charge >= 0.3 is 0 Å². The average molecular weight is 314 g/mol. The van der Waals surface area contributed by atoms with Crippen molar-refractivity contribution in [1.82, 2.24) is 10.3 Å². The van der Waals surface area contributed by atoms with Crippen LogP contribution in [0.3, 0.4) is 0 Å². The van der Waals surface area contributed by atoms with Gasteiger partial charge < -0.3 is 10.6 Å². The van der Waals surface area contributed by atoms with E-state index in [9.17, 15) is 4.79 Å². The van der Waals surface area contributed by atoms with E-state index in [4.69, 9.17) is 0 Å². The number of anilines is 1. The molecule has 0 spiro atoms. The quantitative estimate of drug-likeness (QED) is 0.878. The molecule has 0 aliphatic rings. The maximum absolute atomic E-state index is 12.2. The number of amides is 1. The average Bonchev–Trinajstić information content (AvgIpc) is 2.37. The molecule has 18 heavy (non-hydrogen) atoms. The Morgan fingerprint density at radius 3 is 2.72 bits per heavy atom. The van der Waals surface area contributed by atoms with Crippen molar-refractivity contribution in [2.24, 2.45) is 5.92 Å². The number of aromatic nitrogens is 1. The van der Waals surface area contributed by atoms with Crippen LogP contribution >= 0.6 is 15.9 Å². The Morgan fingerprint density at radius 1 is 1.50 bits per heavy atom. The lowest BCUT2D eigenvalue weighted by molar-refractivity contribution is 0.0928. The van der Waals surface area contributed by atoms with Crippen molar-refractivity contribution >= 4 is 27.7 Å². The number of hydrogen-bond donors (Lipinski definition) is 2. The second kappa shape index (κ2) is 6.73. The summed E-state index contributed by atoms with van der Waals surface area (Å²) in [5.74, 6) is 0.945. The van der Waals surface area contributed by atoms with Gasteiger partial charge in [-0.05, 0) is 34.8 Å². The summed E-state index contributed by atoms with van der Waals surface area (Å²) < 4.78 is 0.794. The first-order valence-corrected chi connectivity index (χ1v) is 6.93. The maximum Gasteiger partial charge on any atom is 0.255 e. The summed E-state index contributed by atoms with van der Waals surface area (Å²) in [6.07, 6.45) is 2.71. The van der Waals surface area contributed by atoms with Crippen molar-refractivity contribution in [3.8, 4) is 0 Å². The van der Waals surface area contributed by atoms with Crippen molar-refractivity contribution in [2.75, 3.05) is 12.4 Å². The molecule has 0 aliphatic carbocycles. The minimum atomic E-state index is -0.0963. The van der Waals surface area contributed by atoms with Gasteiger partial charge in [0.25, 0.3) is 5.91 Å². The molecule has 0 saturated heterocycles. The Kier molecular flexibility index (Phi) is 5.59. The van der Waals surface area contributed by atoms with Crippen LogP contribution in [0.25, 0.3) is 0 Å². The van der Waals surface area contributed by atoms with E-state index < -0.39 is 0 Å². The Hall–Kier alpha value is -1.10. The van der Waals surface area contributed by atoms with Crippen LogP contribution in [0, 0.1) is 5.92 Å². The molecule has 0 aliphatic heterocycles. The third-order valence-electron chi connectivity index (χ3n) is 3.19. The third-order valence-corrected chi connectivity index (χ3v) is 3.63. The summed E-state index contributed by atoms with van der Waals surface area (Å²) in [4.78, 5) is 16.4. The van der Waals surface area contributed by atoms with Crippen molar-refractivity contribution in [2.45, 2.75) is 33.2 Å². The minimum absolute atomic E-state index is 0.0963. The summed E-state index contributed by atoms with van der Waals surface area (Å²) in [6.45, 7) is 6.27. The molecule has 0 aromatic carbocycles. The molecule has 1 heterocycles. The summed E-state index contributed by atoms with van der Waals surface area (Å²) in [5, 5.41) is 5.94. The topological polar surface area (TPSA) is 54.0 Å². The summed E-state index contributed by atoms with van der Waals surface area (Å²) in [5.41, 5.74) is 0.557. The Labute approximate surface area is 117 Å². The molecule has 2 unspecified atom stereocenters. The fourth-order valence-corrected chi connectivity index (χ4v) is 1.92. The van der Waals surface area contributed by atoms with E-state index in [2.05, 4.69) is 45.4 Å². The Bertz CT molecular complexity index is 423. The van der Waals surface area contributed by atoms with Crippen molar-refractivity contribution in [3.63, 3.8) is 0 Å². The van der Waals surface area contributed by atoms with Gasteiger partial charge in [-0.15, -0.1) is 0 Å². The van der Waals surface area contributed by atoms with Crippen molar-refractivity contribution < 1.29 is 4.79 Å². The summed E-state index contributed by atoms with van der Waals surface area (Å²) in [7, 11) is 1.76. The first-order chi connectivity index (χ1) is 8.49. The molecular formula is C13H20BrN3O. The Morgan fingerprint density at radius 2 is 2.17 bits per heavy atom.